The Labute approximate surface area is 110 Å². The van der Waals surface area contributed by atoms with Crippen LogP contribution in [0.1, 0.15) is 25.8 Å². The van der Waals surface area contributed by atoms with E-state index in [2.05, 4.69) is 18.8 Å². The smallest absolute Gasteiger partial charge is 0.128 e. The lowest BCUT2D eigenvalue weighted by atomic mass is 10.2. The SMILES string of the molecule is C=CC(C)Oc1cc(OC)ccc1CNCCC. The van der Waals surface area contributed by atoms with Crippen molar-refractivity contribution in [1.29, 1.82) is 0 Å². The third kappa shape index (κ3) is 4.41. The van der Waals surface area contributed by atoms with Gasteiger partial charge >= 0.3 is 0 Å². The molecule has 0 aliphatic rings. The number of hydrogen-bond donors (Lipinski definition) is 1. The molecule has 0 radical (unpaired) electrons. The van der Waals surface area contributed by atoms with Gasteiger partial charge in [0.05, 0.1) is 7.11 Å². The molecule has 0 fully saturated rings. The van der Waals surface area contributed by atoms with Gasteiger partial charge in [0.25, 0.3) is 0 Å². The number of rotatable bonds is 8. The van der Waals surface area contributed by atoms with Crippen molar-refractivity contribution in [3.05, 3.63) is 36.4 Å². The van der Waals surface area contributed by atoms with E-state index in [1.165, 1.54) is 0 Å². The van der Waals surface area contributed by atoms with Crippen LogP contribution in [0.15, 0.2) is 30.9 Å². The summed E-state index contributed by atoms with van der Waals surface area (Å²) in [6, 6.07) is 5.91. The summed E-state index contributed by atoms with van der Waals surface area (Å²) in [5.74, 6) is 1.66. The molecule has 1 unspecified atom stereocenters. The van der Waals surface area contributed by atoms with Crippen LogP contribution < -0.4 is 14.8 Å². The molecule has 100 valence electrons. The molecule has 0 aromatic heterocycles. The molecule has 0 saturated heterocycles. The molecule has 0 saturated carbocycles. The van der Waals surface area contributed by atoms with Crippen molar-refractivity contribution in [1.82, 2.24) is 5.32 Å². The van der Waals surface area contributed by atoms with Crippen molar-refractivity contribution in [3.63, 3.8) is 0 Å². The van der Waals surface area contributed by atoms with Gasteiger partial charge in [0.15, 0.2) is 0 Å². The molecule has 3 nitrogen and oxygen atoms in total. The molecule has 1 N–H and O–H groups in total. The molecule has 18 heavy (non-hydrogen) atoms. The van der Waals surface area contributed by atoms with E-state index in [0.717, 1.165) is 36.6 Å². The molecule has 1 atom stereocenters. The summed E-state index contributed by atoms with van der Waals surface area (Å²) in [6.07, 6.45) is 2.89. The first-order chi connectivity index (χ1) is 8.71. The molecular formula is C15H23NO2. The standard InChI is InChI=1S/C15H23NO2/c1-5-9-16-11-13-7-8-14(17-4)10-15(13)18-12(3)6-2/h6-8,10,12,16H,2,5,9,11H2,1,3-4H3. The number of methoxy groups -OCH3 is 1. The van der Waals surface area contributed by atoms with Crippen LogP contribution in [0.25, 0.3) is 0 Å². The first kappa shape index (κ1) is 14.6. The van der Waals surface area contributed by atoms with Gasteiger partial charge in [0, 0.05) is 18.2 Å². The fourth-order valence-electron chi connectivity index (χ4n) is 1.57. The van der Waals surface area contributed by atoms with E-state index >= 15 is 0 Å². The Balaban J connectivity index is 2.82. The summed E-state index contributed by atoms with van der Waals surface area (Å²) in [5.41, 5.74) is 1.14. The predicted molar refractivity (Wildman–Crippen MR) is 75.3 cm³/mol. The Morgan fingerprint density at radius 1 is 1.44 bits per heavy atom. The van der Waals surface area contributed by atoms with Crippen LogP contribution in [0.4, 0.5) is 0 Å². The third-order valence-electron chi connectivity index (χ3n) is 2.66. The molecule has 0 amide bonds. The molecule has 0 spiro atoms. The van der Waals surface area contributed by atoms with Crippen molar-refractivity contribution in [2.24, 2.45) is 0 Å². The Bertz CT molecular complexity index is 377. The lowest BCUT2D eigenvalue weighted by molar-refractivity contribution is 0.265. The van der Waals surface area contributed by atoms with E-state index in [0.29, 0.717) is 0 Å². The minimum Gasteiger partial charge on any atom is -0.497 e. The highest BCUT2D eigenvalue weighted by Gasteiger charge is 2.08. The van der Waals surface area contributed by atoms with Crippen molar-refractivity contribution >= 4 is 0 Å². The highest BCUT2D eigenvalue weighted by molar-refractivity contribution is 5.41. The predicted octanol–water partition coefficient (Wildman–Crippen LogP) is 3.15. The second-order valence-corrected chi connectivity index (χ2v) is 4.21. The first-order valence-corrected chi connectivity index (χ1v) is 6.38. The molecule has 0 bridgehead atoms. The van der Waals surface area contributed by atoms with Gasteiger partial charge < -0.3 is 14.8 Å². The molecular weight excluding hydrogens is 226 g/mol. The van der Waals surface area contributed by atoms with Gasteiger partial charge in [-0.15, -0.1) is 0 Å². The number of benzene rings is 1. The zero-order valence-corrected chi connectivity index (χ0v) is 11.5. The van der Waals surface area contributed by atoms with Gasteiger partial charge in [-0.2, -0.15) is 0 Å². The van der Waals surface area contributed by atoms with E-state index in [4.69, 9.17) is 9.47 Å². The first-order valence-electron chi connectivity index (χ1n) is 6.38. The van der Waals surface area contributed by atoms with Gasteiger partial charge in [-0.25, -0.2) is 0 Å². The summed E-state index contributed by atoms with van der Waals surface area (Å²) < 4.78 is 11.1. The third-order valence-corrected chi connectivity index (χ3v) is 2.66. The topological polar surface area (TPSA) is 30.5 Å². The van der Waals surface area contributed by atoms with Crippen molar-refractivity contribution in [3.8, 4) is 11.5 Å². The van der Waals surface area contributed by atoms with Gasteiger partial charge in [0.2, 0.25) is 0 Å². The summed E-state index contributed by atoms with van der Waals surface area (Å²) in [6.45, 7) is 9.66. The average Bonchev–Trinajstić information content (AvgIpc) is 2.40. The average molecular weight is 249 g/mol. The van der Waals surface area contributed by atoms with Crippen LogP contribution in [-0.4, -0.2) is 19.8 Å². The minimum absolute atomic E-state index is 0.0120. The summed E-state index contributed by atoms with van der Waals surface area (Å²) in [4.78, 5) is 0. The Morgan fingerprint density at radius 2 is 2.22 bits per heavy atom. The Morgan fingerprint density at radius 3 is 2.83 bits per heavy atom. The van der Waals surface area contributed by atoms with Crippen LogP contribution in [0.2, 0.25) is 0 Å². The molecule has 1 aromatic rings. The molecule has 1 aromatic carbocycles. The summed E-state index contributed by atoms with van der Waals surface area (Å²) in [7, 11) is 1.66. The quantitative estimate of drug-likeness (QED) is 0.567. The fraction of sp³-hybridized carbons (Fsp3) is 0.467. The van der Waals surface area contributed by atoms with Crippen molar-refractivity contribution < 1.29 is 9.47 Å². The molecule has 0 aliphatic carbocycles. The van der Waals surface area contributed by atoms with E-state index in [1.54, 1.807) is 13.2 Å². The second-order valence-electron chi connectivity index (χ2n) is 4.21. The van der Waals surface area contributed by atoms with E-state index < -0.39 is 0 Å². The monoisotopic (exact) mass is 249 g/mol. The lowest BCUT2D eigenvalue weighted by Gasteiger charge is -2.16. The highest BCUT2D eigenvalue weighted by Crippen LogP contribution is 2.25. The van der Waals surface area contributed by atoms with Crippen LogP contribution in [-0.2, 0) is 6.54 Å². The maximum atomic E-state index is 5.83. The number of hydrogen-bond acceptors (Lipinski definition) is 3. The summed E-state index contributed by atoms with van der Waals surface area (Å²) in [5, 5.41) is 3.37. The van der Waals surface area contributed by atoms with E-state index in [-0.39, 0.29) is 6.10 Å². The second kappa shape index (κ2) is 7.77. The van der Waals surface area contributed by atoms with E-state index in [9.17, 15) is 0 Å². The fourth-order valence-corrected chi connectivity index (χ4v) is 1.57. The molecule has 1 rings (SSSR count). The van der Waals surface area contributed by atoms with Crippen LogP contribution >= 0.6 is 0 Å². The van der Waals surface area contributed by atoms with E-state index in [1.807, 2.05) is 25.1 Å². The highest BCUT2D eigenvalue weighted by atomic mass is 16.5. The minimum atomic E-state index is -0.0120. The van der Waals surface area contributed by atoms with Gasteiger partial charge in [-0.05, 0) is 26.0 Å². The maximum Gasteiger partial charge on any atom is 0.128 e. The number of nitrogens with one attached hydrogen (secondary N) is 1. The van der Waals surface area contributed by atoms with Gasteiger partial charge in [-0.1, -0.05) is 25.6 Å². The molecule has 3 heteroatoms. The number of ether oxygens (including phenoxy) is 2. The van der Waals surface area contributed by atoms with Crippen molar-refractivity contribution in [2.75, 3.05) is 13.7 Å². The maximum absolute atomic E-state index is 5.83. The summed E-state index contributed by atoms with van der Waals surface area (Å²) >= 11 is 0. The van der Waals surface area contributed by atoms with Gasteiger partial charge in [0.1, 0.15) is 17.6 Å². The lowest BCUT2D eigenvalue weighted by Crippen LogP contribution is -2.16. The normalized spacial score (nSPS) is 11.9. The van der Waals surface area contributed by atoms with Crippen molar-refractivity contribution in [2.45, 2.75) is 32.9 Å². The largest absolute Gasteiger partial charge is 0.497 e. The molecule has 0 aliphatic heterocycles. The zero-order chi connectivity index (χ0) is 13.4. The Kier molecular flexibility index (Phi) is 6.29. The van der Waals surface area contributed by atoms with Crippen LogP contribution in [0.5, 0.6) is 11.5 Å². The zero-order valence-electron chi connectivity index (χ0n) is 11.5. The van der Waals surface area contributed by atoms with Gasteiger partial charge in [-0.3, -0.25) is 0 Å². The van der Waals surface area contributed by atoms with Crippen LogP contribution in [0.3, 0.4) is 0 Å². The Hall–Kier alpha value is -1.48. The molecule has 0 heterocycles. The van der Waals surface area contributed by atoms with Crippen LogP contribution in [0, 0.1) is 0 Å².